The lowest BCUT2D eigenvalue weighted by atomic mass is 10.0. The maximum atomic E-state index is 13.4. The molecule has 1 heterocycles. The molecule has 0 aliphatic heterocycles. The number of hydrogen-bond donors (Lipinski definition) is 1. The number of carboxylic acids is 1. The Morgan fingerprint density at radius 2 is 1.95 bits per heavy atom. The number of thioether (sulfide) groups is 1. The molecule has 0 saturated carbocycles. The van der Waals surface area contributed by atoms with Gasteiger partial charge in [0.1, 0.15) is 11.6 Å². The Hall–Kier alpha value is -2.96. The number of halogens is 2. The number of aryl methyl sites for hydroxylation is 1. The van der Waals surface area contributed by atoms with Crippen LogP contribution in [-0.4, -0.2) is 28.0 Å². The van der Waals surface area contributed by atoms with Crippen molar-refractivity contribution in [3.8, 4) is 5.75 Å². The third-order valence-corrected chi connectivity index (χ3v) is 7.96. The molecular formula is C30H31ClFNO3S. The van der Waals surface area contributed by atoms with Crippen LogP contribution in [0.3, 0.4) is 0 Å². The number of aliphatic carboxylic acids is 1. The molecule has 4 aromatic rings. The molecule has 3 aromatic carbocycles. The molecule has 0 aliphatic carbocycles. The maximum absolute atomic E-state index is 13.4. The zero-order chi connectivity index (χ0) is 26.4. The largest absolute Gasteiger partial charge is 0.491 e. The smallest absolute Gasteiger partial charge is 0.310 e. The highest BCUT2D eigenvalue weighted by atomic mass is 35.5. The maximum Gasteiger partial charge on any atom is 0.310 e. The average molecular weight is 540 g/mol. The van der Waals surface area contributed by atoms with Gasteiger partial charge in [0, 0.05) is 28.8 Å². The molecule has 1 unspecified atom stereocenters. The van der Waals surface area contributed by atoms with E-state index in [4.69, 9.17) is 16.3 Å². The second-order valence-electron chi connectivity index (χ2n) is 9.11. The van der Waals surface area contributed by atoms with Crippen molar-refractivity contribution in [3.05, 3.63) is 94.4 Å². The van der Waals surface area contributed by atoms with Crippen LogP contribution in [0.2, 0.25) is 5.02 Å². The van der Waals surface area contributed by atoms with E-state index in [1.807, 2.05) is 24.3 Å². The van der Waals surface area contributed by atoms with Gasteiger partial charge in [-0.3, -0.25) is 4.79 Å². The van der Waals surface area contributed by atoms with Crippen molar-refractivity contribution >= 4 is 40.2 Å². The summed E-state index contributed by atoms with van der Waals surface area (Å²) in [5, 5.41) is 10.9. The van der Waals surface area contributed by atoms with Crippen LogP contribution in [0.4, 0.5) is 4.39 Å². The number of benzene rings is 3. The summed E-state index contributed by atoms with van der Waals surface area (Å²) in [6.45, 7) is 5.03. The standard InChI is InChI=1S/C30H31ClFNO3S/c1-3-6-22-7-4-8-26-29(22)27(19-33(26)18-21-9-12-24(32)13-10-21)36-15-5-16-37-28-14-11-23(17-25(28)31)20(2)30(34)35/h4,7-14,17,19-20H,3,5-6,15-16,18H2,1-2H3,(H,34,35). The van der Waals surface area contributed by atoms with Crippen LogP contribution in [0.15, 0.2) is 71.8 Å². The fraction of sp³-hybridized carbons (Fsp3) is 0.300. The lowest BCUT2D eigenvalue weighted by molar-refractivity contribution is -0.138. The minimum Gasteiger partial charge on any atom is -0.491 e. The number of fused-ring (bicyclic) bond motifs is 1. The summed E-state index contributed by atoms with van der Waals surface area (Å²) in [7, 11) is 0. The predicted molar refractivity (Wildman–Crippen MR) is 150 cm³/mol. The van der Waals surface area contributed by atoms with Crippen LogP contribution in [-0.2, 0) is 17.8 Å². The van der Waals surface area contributed by atoms with E-state index in [9.17, 15) is 14.3 Å². The molecular weight excluding hydrogens is 509 g/mol. The van der Waals surface area contributed by atoms with Gasteiger partial charge in [-0.2, -0.15) is 0 Å². The van der Waals surface area contributed by atoms with Crippen LogP contribution >= 0.6 is 23.4 Å². The first-order valence-electron chi connectivity index (χ1n) is 12.5. The van der Waals surface area contributed by atoms with E-state index in [0.29, 0.717) is 23.7 Å². The fourth-order valence-corrected chi connectivity index (χ4v) is 5.56. The SMILES string of the molecule is CCCc1cccc2c1c(OCCCSc1ccc(C(C)C(=O)O)cc1Cl)cn2Cc1ccc(F)cc1. The van der Waals surface area contributed by atoms with Crippen molar-refractivity contribution in [2.45, 2.75) is 50.5 Å². The summed E-state index contributed by atoms with van der Waals surface area (Å²) >= 11 is 8.05. The Kier molecular flexibility index (Phi) is 9.17. The molecule has 1 N–H and O–H groups in total. The van der Waals surface area contributed by atoms with E-state index >= 15 is 0 Å². The van der Waals surface area contributed by atoms with Crippen LogP contribution in [0, 0.1) is 5.82 Å². The lowest BCUT2D eigenvalue weighted by Crippen LogP contribution is -2.07. The number of aromatic nitrogens is 1. The summed E-state index contributed by atoms with van der Waals surface area (Å²) in [6.07, 6.45) is 4.90. The number of carboxylic acid groups (broad SMARTS) is 1. The van der Waals surface area contributed by atoms with E-state index < -0.39 is 11.9 Å². The third kappa shape index (κ3) is 6.68. The quantitative estimate of drug-likeness (QED) is 0.146. The number of rotatable bonds is 12. The van der Waals surface area contributed by atoms with E-state index in [-0.39, 0.29) is 5.82 Å². The van der Waals surface area contributed by atoms with Crippen molar-refractivity contribution < 1.29 is 19.0 Å². The molecule has 194 valence electrons. The topological polar surface area (TPSA) is 51.5 Å². The first kappa shape index (κ1) is 27.1. The lowest BCUT2D eigenvalue weighted by Gasteiger charge is -2.10. The van der Waals surface area contributed by atoms with Gasteiger partial charge in [-0.05, 0) is 66.8 Å². The zero-order valence-electron chi connectivity index (χ0n) is 21.0. The van der Waals surface area contributed by atoms with Gasteiger partial charge in [0.25, 0.3) is 0 Å². The Morgan fingerprint density at radius 3 is 2.65 bits per heavy atom. The van der Waals surface area contributed by atoms with Crippen LogP contribution < -0.4 is 4.74 Å². The van der Waals surface area contributed by atoms with Gasteiger partial charge >= 0.3 is 5.97 Å². The summed E-state index contributed by atoms with van der Waals surface area (Å²) in [5.41, 5.74) is 4.11. The van der Waals surface area contributed by atoms with Gasteiger partial charge in [0.15, 0.2) is 0 Å². The summed E-state index contributed by atoms with van der Waals surface area (Å²) in [4.78, 5) is 12.2. The Bertz CT molecular complexity index is 1370. The molecule has 0 amide bonds. The molecule has 0 saturated heterocycles. The number of hydrogen-bond acceptors (Lipinski definition) is 3. The van der Waals surface area contributed by atoms with Crippen molar-refractivity contribution in [1.29, 1.82) is 0 Å². The summed E-state index contributed by atoms with van der Waals surface area (Å²) < 4.78 is 21.8. The first-order chi connectivity index (χ1) is 17.9. The second kappa shape index (κ2) is 12.5. The highest BCUT2D eigenvalue weighted by molar-refractivity contribution is 7.99. The predicted octanol–water partition coefficient (Wildman–Crippen LogP) is 8.18. The Labute approximate surface area is 226 Å². The van der Waals surface area contributed by atoms with Crippen LogP contribution in [0.25, 0.3) is 10.9 Å². The molecule has 0 radical (unpaired) electrons. The van der Waals surface area contributed by atoms with E-state index in [1.165, 1.54) is 17.7 Å². The summed E-state index contributed by atoms with van der Waals surface area (Å²) in [5.74, 6) is 0.00260. The van der Waals surface area contributed by atoms with E-state index in [0.717, 1.165) is 52.1 Å². The highest BCUT2D eigenvalue weighted by Crippen LogP contribution is 2.34. The third-order valence-electron chi connectivity index (χ3n) is 6.37. The first-order valence-corrected chi connectivity index (χ1v) is 13.9. The monoisotopic (exact) mass is 539 g/mol. The second-order valence-corrected chi connectivity index (χ2v) is 10.7. The molecule has 0 aliphatic rings. The molecule has 0 bridgehead atoms. The minimum absolute atomic E-state index is 0.236. The van der Waals surface area contributed by atoms with Gasteiger partial charge in [-0.25, -0.2) is 4.39 Å². The average Bonchev–Trinajstić information content (AvgIpc) is 3.23. The summed E-state index contributed by atoms with van der Waals surface area (Å²) in [6, 6.07) is 18.4. The molecule has 1 aromatic heterocycles. The molecule has 37 heavy (non-hydrogen) atoms. The normalized spacial score (nSPS) is 12.1. The zero-order valence-corrected chi connectivity index (χ0v) is 22.6. The molecule has 1 atom stereocenters. The Balaban J connectivity index is 1.42. The van der Waals surface area contributed by atoms with E-state index in [1.54, 1.807) is 24.8 Å². The van der Waals surface area contributed by atoms with Crippen molar-refractivity contribution in [3.63, 3.8) is 0 Å². The van der Waals surface area contributed by atoms with Crippen LogP contribution in [0.5, 0.6) is 5.75 Å². The fourth-order valence-electron chi connectivity index (χ4n) is 4.36. The molecule has 7 heteroatoms. The number of ether oxygens (including phenoxy) is 1. The molecule has 0 fully saturated rings. The van der Waals surface area contributed by atoms with Gasteiger partial charge in [-0.1, -0.05) is 55.3 Å². The van der Waals surface area contributed by atoms with E-state index in [2.05, 4.69) is 35.9 Å². The van der Waals surface area contributed by atoms with Gasteiger partial charge in [0.05, 0.1) is 23.1 Å². The Morgan fingerprint density at radius 1 is 1.16 bits per heavy atom. The van der Waals surface area contributed by atoms with Gasteiger partial charge in [0.2, 0.25) is 0 Å². The van der Waals surface area contributed by atoms with Crippen molar-refractivity contribution in [1.82, 2.24) is 4.57 Å². The van der Waals surface area contributed by atoms with Crippen molar-refractivity contribution in [2.24, 2.45) is 0 Å². The molecule has 4 rings (SSSR count). The minimum atomic E-state index is -0.866. The number of carbonyl (C=O) groups is 1. The highest BCUT2D eigenvalue weighted by Gasteiger charge is 2.16. The van der Waals surface area contributed by atoms with Crippen LogP contribution in [0.1, 0.15) is 49.3 Å². The van der Waals surface area contributed by atoms with Gasteiger partial charge in [-0.15, -0.1) is 11.8 Å². The molecule has 0 spiro atoms. The molecule has 4 nitrogen and oxygen atoms in total. The number of nitrogens with zero attached hydrogens (tertiary/aromatic N) is 1. The van der Waals surface area contributed by atoms with Gasteiger partial charge < -0.3 is 14.4 Å². The van der Waals surface area contributed by atoms with Crippen molar-refractivity contribution in [2.75, 3.05) is 12.4 Å².